The molecule has 1 amide bonds. The second-order valence-corrected chi connectivity index (χ2v) is 20.1. The van der Waals surface area contributed by atoms with Crippen molar-refractivity contribution in [3.05, 3.63) is 0 Å². The number of aliphatic hydroxyl groups excluding tert-OH is 5. The van der Waals surface area contributed by atoms with E-state index >= 15 is 0 Å². The molecule has 2 unspecified atom stereocenters. The molecule has 1 rings (SSSR count). The Kier molecular flexibility index (Phi) is 43.9. The van der Waals surface area contributed by atoms with Crippen molar-refractivity contribution in [1.29, 1.82) is 0 Å². The molecule has 382 valence electrons. The minimum Gasteiger partial charge on any atom is -0.394 e. The molecule has 1 fully saturated rings. The molecule has 0 bridgehead atoms. The topological polar surface area (TPSA) is 149 Å². The van der Waals surface area contributed by atoms with E-state index in [-0.39, 0.29) is 12.5 Å². The predicted octanol–water partition coefficient (Wildman–Crippen LogP) is 13.5. The van der Waals surface area contributed by atoms with E-state index in [1.807, 2.05) is 0 Å². The fourth-order valence-corrected chi connectivity index (χ4v) is 9.46. The number of carbonyl (C=O) groups is 1. The Morgan fingerprint density at radius 3 is 1.11 bits per heavy atom. The minimum absolute atomic E-state index is 0.132. The summed E-state index contributed by atoms with van der Waals surface area (Å²) in [6, 6.07) is -0.711. The van der Waals surface area contributed by atoms with E-state index in [1.54, 1.807) is 0 Å². The predicted molar refractivity (Wildman–Crippen MR) is 268 cm³/mol. The van der Waals surface area contributed by atoms with Crippen LogP contribution in [0.25, 0.3) is 0 Å². The number of nitrogens with one attached hydrogen (secondary N) is 1. The number of hydrogen-bond donors (Lipinski definition) is 6. The van der Waals surface area contributed by atoms with Gasteiger partial charge in [0, 0.05) is 6.42 Å². The summed E-state index contributed by atoms with van der Waals surface area (Å²) in [5.41, 5.74) is 0. The van der Waals surface area contributed by atoms with Gasteiger partial charge in [0.1, 0.15) is 24.4 Å². The van der Waals surface area contributed by atoms with Crippen LogP contribution in [0.4, 0.5) is 0 Å². The van der Waals surface area contributed by atoms with Gasteiger partial charge in [-0.15, -0.1) is 0 Å². The Hall–Kier alpha value is -0.810. The Morgan fingerprint density at radius 1 is 0.469 bits per heavy atom. The van der Waals surface area contributed by atoms with Gasteiger partial charge < -0.3 is 40.3 Å². The van der Waals surface area contributed by atoms with Gasteiger partial charge in [-0.05, 0) is 12.8 Å². The zero-order chi connectivity index (χ0) is 46.6. The van der Waals surface area contributed by atoms with Crippen molar-refractivity contribution < 1.29 is 39.8 Å². The fraction of sp³-hybridized carbons (Fsp3) is 0.982. The minimum atomic E-state index is -1.55. The van der Waals surface area contributed by atoms with Gasteiger partial charge in [0.25, 0.3) is 0 Å². The Morgan fingerprint density at radius 2 is 0.781 bits per heavy atom. The van der Waals surface area contributed by atoms with Crippen LogP contribution in [0.1, 0.15) is 290 Å². The van der Waals surface area contributed by atoms with Gasteiger partial charge in [0.15, 0.2) is 6.29 Å². The molecule has 0 aromatic carbocycles. The van der Waals surface area contributed by atoms with Gasteiger partial charge >= 0.3 is 0 Å². The van der Waals surface area contributed by atoms with E-state index in [0.717, 1.165) is 38.5 Å². The highest BCUT2D eigenvalue weighted by atomic mass is 16.7. The number of rotatable bonds is 49. The second-order valence-electron chi connectivity index (χ2n) is 20.1. The summed E-state index contributed by atoms with van der Waals surface area (Å²) in [7, 11) is 0. The molecule has 64 heavy (non-hydrogen) atoms. The standard InChI is InChI=1S/C55H109NO8/c1-3-5-7-9-11-13-15-16-17-18-19-20-21-22-23-24-25-26-27-28-29-30-31-32-33-34-35-37-39-41-43-45-51(59)56-48(47-63-55-54(62)53(61)52(60)50(46-57)64-55)49(58)44-42-40-38-36-14-12-10-8-6-4-2/h48-50,52-55,57-58,60-62H,3-47H2,1-2H3,(H,56,59)/t48-,49+,50+,52+,53?,54?,55+/m0/s1. The van der Waals surface area contributed by atoms with Gasteiger partial charge in [0.05, 0.1) is 25.4 Å². The SMILES string of the molecule is CCCCCCCCCCCCCCCCCCCCCCCCCCCCCCCCCC(=O)N[C@@H](CO[C@@H]1O[C@H](CO)[C@@H](O)C(O)C1O)[C@H](O)CCCCCCCCCCCC. The van der Waals surface area contributed by atoms with Gasteiger partial charge in [-0.2, -0.15) is 0 Å². The van der Waals surface area contributed by atoms with Crippen LogP contribution in [0.5, 0.6) is 0 Å². The molecule has 1 saturated heterocycles. The molecule has 1 aliphatic heterocycles. The highest BCUT2D eigenvalue weighted by Crippen LogP contribution is 2.23. The van der Waals surface area contributed by atoms with Crippen LogP contribution < -0.4 is 5.32 Å². The molecule has 0 aromatic rings. The first-order valence-electron chi connectivity index (χ1n) is 28.2. The number of aliphatic hydroxyl groups is 5. The molecule has 6 N–H and O–H groups in total. The quantitative estimate of drug-likeness (QED) is 0.0331. The molecule has 1 aliphatic rings. The van der Waals surface area contributed by atoms with Crippen molar-refractivity contribution in [2.75, 3.05) is 13.2 Å². The number of hydrogen-bond acceptors (Lipinski definition) is 8. The van der Waals surface area contributed by atoms with Crippen LogP contribution in [-0.4, -0.2) is 87.5 Å². The van der Waals surface area contributed by atoms with E-state index in [0.29, 0.717) is 12.8 Å². The average molecular weight is 912 g/mol. The summed E-state index contributed by atoms with van der Waals surface area (Å²) >= 11 is 0. The summed E-state index contributed by atoms with van der Waals surface area (Å²) in [5, 5.41) is 54.4. The van der Waals surface area contributed by atoms with Crippen molar-refractivity contribution in [3.63, 3.8) is 0 Å². The van der Waals surface area contributed by atoms with Crippen molar-refractivity contribution in [2.45, 2.75) is 333 Å². The lowest BCUT2D eigenvalue weighted by molar-refractivity contribution is -0.302. The molecular weight excluding hydrogens is 803 g/mol. The Labute approximate surface area is 395 Å². The van der Waals surface area contributed by atoms with E-state index in [1.165, 1.54) is 225 Å². The lowest BCUT2D eigenvalue weighted by Crippen LogP contribution is -2.60. The summed E-state index contributed by atoms with van der Waals surface area (Å²) in [5.74, 6) is -0.139. The van der Waals surface area contributed by atoms with Crippen LogP contribution in [0.15, 0.2) is 0 Å². The van der Waals surface area contributed by atoms with Crippen LogP contribution in [0.2, 0.25) is 0 Å². The van der Waals surface area contributed by atoms with E-state index < -0.39 is 49.5 Å². The van der Waals surface area contributed by atoms with Crippen LogP contribution in [0, 0.1) is 0 Å². The lowest BCUT2D eigenvalue weighted by Gasteiger charge is -2.40. The number of unbranched alkanes of at least 4 members (excludes halogenated alkanes) is 39. The lowest BCUT2D eigenvalue weighted by atomic mass is 9.99. The molecule has 0 saturated carbocycles. The van der Waals surface area contributed by atoms with Gasteiger partial charge in [-0.3, -0.25) is 4.79 Å². The van der Waals surface area contributed by atoms with Crippen LogP contribution in [-0.2, 0) is 14.3 Å². The second kappa shape index (κ2) is 45.9. The Bertz CT molecular complexity index is 970. The smallest absolute Gasteiger partial charge is 0.220 e. The zero-order valence-corrected chi connectivity index (χ0v) is 42.3. The Balaban J connectivity index is 2.06. The molecule has 0 spiro atoms. The molecule has 0 radical (unpaired) electrons. The maximum Gasteiger partial charge on any atom is 0.220 e. The summed E-state index contributed by atoms with van der Waals surface area (Å²) < 4.78 is 11.3. The largest absolute Gasteiger partial charge is 0.394 e. The average Bonchev–Trinajstić information content (AvgIpc) is 3.29. The highest BCUT2D eigenvalue weighted by Gasteiger charge is 2.44. The fourth-order valence-electron chi connectivity index (χ4n) is 9.46. The normalized spacial score (nSPS) is 19.9. The number of ether oxygens (including phenoxy) is 2. The molecule has 1 heterocycles. The maximum atomic E-state index is 13.0. The number of carbonyl (C=O) groups excluding carboxylic acids is 1. The monoisotopic (exact) mass is 912 g/mol. The van der Waals surface area contributed by atoms with E-state index in [9.17, 15) is 30.3 Å². The third-order valence-corrected chi connectivity index (χ3v) is 14.0. The van der Waals surface area contributed by atoms with Crippen molar-refractivity contribution in [3.8, 4) is 0 Å². The maximum absolute atomic E-state index is 13.0. The molecule has 0 aliphatic carbocycles. The van der Waals surface area contributed by atoms with Crippen molar-refractivity contribution in [1.82, 2.24) is 5.32 Å². The molecular formula is C55H109NO8. The van der Waals surface area contributed by atoms with E-state index in [2.05, 4.69) is 19.2 Å². The molecule has 9 heteroatoms. The molecule has 9 nitrogen and oxygen atoms in total. The van der Waals surface area contributed by atoms with Gasteiger partial charge in [-0.25, -0.2) is 0 Å². The highest BCUT2D eigenvalue weighted by molar-refractivity contribution is 5.76. The third-order valence-electron chi connectivity index (χ3n) is 14.0. The first-order valence-corrected chi connectivity index (χ1v) is 28.2. The van der Waals surface area contributed by atoms with Crippen LogP contribution >= 0.6 is 0 Å². The number of amides is 1. The van der Waals surface area contributed by atoms with Gasteiger partial charge in [-0.1, -0.05) is 271 Å². The van der Waals surface area contributed by atoms with E-state index in [4.69, 9.17) is 9.47 Å². The zero-order valence-electron chi connectivity index (χ0n) is 42.3. The summed E-state index contributed by atoms with van der Waals surface area (Å²) in [4.78, 5) is 13.0. The van der Waals surface area contributed by atoms with Crippen molar-refractivity contribution in [2.24, 2.45) is 0 Å². The molecule has 7 atom stereocenters. The summed E-state index contributed by atoms with van der Waals surface area (Å²) in [6.45, 7) is 3.85. The molecule has 0 aromatic heterocycles. The van der Waals surface area contributed by atoms with Crippen LogP contribution in [0.3, 0.4) is 0 Å². The first kappa shape index (κ1) is 61.2. The third kappa shape index (κ3) is 35.3. The van der Waals surface area contributed by atoms with Crippen molar-refractivity contribution >= 4 is 5.91 Å². The first-order chi connectivity index (χ1) is 31.3. The van der Waals surface area contributed by atoms with Gasteiger partial charge in [0.2, 0.25) is 5.91 Å². The summed E-state index contributed by atoms with van der Waals surface area (Å²) in [6.07, 6.45) is 47.3.